The molecule has 0 bridgehead atoms. The average molecular weight is 265 g/mol. The molecule has 6 heteroatoms. The zero-order valence-electron chi connectivity index (χ0n) is 11.5. The number of nitrogens with one attached hydrogen (secondary N) is 1. The number of benzene rings is 1. The summed E-state index contributed by atoms with van der Waals surface area (Å²) in [4.78, 5) is 24.1. The second kappa shape index (κ2) is 6.84. The molecule has 0 atom stereocenters. The maximum atomic E-state index is 12.1. The van der Waals surface area contributed by atoms with Gasteiger partial charge in [-0.1, -0.05) is 6.07 Å². The van der Waals surface area contributed by atoms with Gasteiger partial charge in [0.25, 0.3) is 11.6 Å². The lowest BCUT2D eigenvalue weighted by Gasteiger charge is -2.17. The van der Waals surface area contributed by atoms with Crippen molar-refractivity contribution in [2.45, 2.75) is 13.3 Å². The van der Waals surface area contributed by atoms with Crippen LogP contribution in [0.3, 0.4) is 0 Å². The Bertz CT molecular complexity index is 474. The number of nitro benzene ring substituents is 1. The first kappa shape index (κ1) is 15.1. The van der Waals surface area contributed by atoms with Gasteiger partial charge in [0.15, 0.2) is 0 Å². The minimum absolute atomic E-state index is 0.0190. The van der Waals surface area contributed by atoms with Crippen molar-refractivity contribution >= 4 is 11.6 Å². The smallest absolute Gasteiger partial charge is 0.273 e. The zero-order chi connectivity index (χ0) is 14.4. The molecule has 0 aliphatic heterocycles. The lowest BCUT2D eigenvalue weighted by atomic mass is 10.1. The second-order valence-corrected chi connectivity index (χ2v) is 4.44. The SMILES string of the molecule is CNCCCN(C)C(=O)c1ccc(C)c([N+](=O)[O-])c1. The van der Waals surface area contributed by atoms with Crippen molar-refractivity contribution in [3.8, 4) is 0 Å². The van der Waals surface area contributed by atoms with Crippen LogP contribution in [0.25, 0.3) is 0 Å². The summed E-state index contributed by atoms with van der Waals surface area (Å²) in [5, 5.41) is 13.9. The van der Waals surface area contributed by atoms with E-state index in [0.29, 0.717) is 17.7 Å². The third kappa shape index (κ3) is 4.03. The van der Waals surface area contributed by atoms with E-state index in [9.17, 15) is 14.9 Å². The molecule has 1 aromatic carbocycles. The Morgan fingerprint density at radius 2 is 2.16 bits per heavy atom. The van der Waals surface area contributed by atoms with Crippen molar-refractivity contribution in [1.82, 2.24) is 10.2 Å². The van der Waals surface area contributed by atoms with Crippen molar-refractivity contribution in [3.63, 3.8) is 0 Å². The molecule has 1 amide bonds. The Kier molecular flexibility index (Phi) is 5.44. The van der Waals surface area contributed by atoms with Gasteiger partial charge in [-0.25, -0.2) is 0 Å². The Morgan fingerprint density at radius 3 is 2.74 bits per heavy atom. The van der Waals surface area contributed by atoms with Gasteiger partial charge in [-0.2, -0.15) is 0 Å². The van der Waals surface area contributed by atoms with Crippen LogP contribution in [0.4, 0.5) is 5.69 Å². The summed E-state index contributed by atoms with van der Waals surface area (Å²) in [6.45, 7) is 3.09. The number of hydrogen-bond donors (Lipinski definition) is 1. The number of hydrogen-bond acceptors (Lipinski definition) is 4. The number of nitrogens with zero attached hydrogens (tertiary/aromatic N) is 2. The molecule has 0 radical (unpaired) electrons. The fraction of sp³-hybridized carbons (Fsp3) is 0.462. The van der Waals surface area contributed by atoms with Crippen LogP contribution in [0.2, 0.25) is 0 Å². The molecule has 6 nitrogen and oxygen atoms in total. The number of carbonyl (C=O) groups is 1. The molecule has 0 saturated carbocycles. The largest absolute Gasteiger partial charge is 0.342 e. The van der Waals surface area contributed by atoms with E-state index in [1.54, 1.807) is 31.0 Å². The molecule has 0 aromatic heterocycles. The van der Waals surface area contributed by atoms with E-state index in [-0.39, 0.29) is 11.6 Å². The van der Waals surface area contributed by atoms with Gasteiger partial charge in [-0.15, -0.1) is 0 Å². The molecular weight excluding hydrogens is 246 g/mol. The normalized spacial score (nSPS) is 10.3. The Labute approximate surface area is 112 Å². The molecule has 19 heavy (non-hydrogen) atoms. The van der Waals surface area contributed by atoms with Crippen LogP contribution in [0.15, 0.2) is 18.2 Å². The summed E-state index contributed by atoms with van der Waals surface area (Å²) in [7, 11) is 3.55. The molecule has 0 fully saturated rings. The van der Waals surface area contributed by atoms with Gasteiger partial charge >= 0.3 is 0 Å². The molecular formula is C13H19N3O3. The first-order valence-electron chi connectivity index (χ1n) is 6.12. The first-order chi connectivity index (χ1) is 8.97. The zero-order valence-corrected chi connectivity index (χ0v) is 11.5. The number of nitro groups is 1. The Morgan fingerprint density at radius 1 is 1.47 bits per heavy atom. The minimum atomic E-state index is -0.465. The van der Waals surface area contributed by atoms with Crippen LogP contribution in [-0.2, 0) is 0 Å². The van der Waals surface area contributed by atoms with Gasteiger partial charge in [0.1, 0.15) is 0 Å². The van der Waals surface area contributed by atoms with Gasteiger partial charge < -0.3 is 10.2 Å². The highest BCUT2D eigenvalue weighted by molar-refractivity contribution is 5.94. The van der Waals surface area contributed by atoms with Crippen molar-refractivity contribution < 1.29 is 9.72 Å². The van der Waals surface area contributed by atoms with Gasteiger partial charge in [0, 0.05) is 30.8 Å². The standard InChI is InChI=1S/C13H19N3O3/c1-10-5-6-11(9-12(10)16(18)19)13(17)15(3)8-4-7-14-2/h5-6,9,14H,4,7-8H2,1-3H3. The summed E-state index contributed by atoms with van der Waals surface area (Å²) in [6, 6.07) is 4.57. The van der Waals surface area contributed by atoms with Gasteiger partial charge in [-0.05, 0) is 33.0 Å². The van der Waals surface area contributed by atoms with Gasteiger partial charge in [-0.3, -0.25) is 14.9 Å². The highest BCUT2D eigenvalue weighted by atomic mass is 16.6. The van der Waals surface area contributed by atoms with E-state index in [1.807, 2.05) is 7.05 Å². The van der Waals surface area contributed by atoms with Crippen molar-refractivity contribution in [1.29, 1.82) is 0 Å². The van der Waals surface area contributed by atoms with E-state index in [0.717, 1.165) is 13.0 Å². The fourth-order valence-corrected chi connectivity index (χ4v) is 1.75. The number of aryl methyl sites for hydroxylation is 1. The second-order valence-electron chi connectivity index (χ2n) is 4.44. The quantitative estimate of drug-likeness (QED) is 0.481. The maximum absolute atomic E-state index is 12.1. The maximum Gasteiger partial charge on any atom is 0.273 e. The molecule has 1 N–H and O–H groups in total. The highest BCUT2D eigenvalue weighted by Crippen LogP contribution is 2.20. The van der Waals surface area contributed by atoms with Crippen LogP contribution >= 0.6 is 0 Å². The number of rotatable bonds is 6. The number of amides is 1. The monoisotopic (exact) mass is 265 g/mol. The third-order valence-electron chi connectivity index (χ3n) is 2.92. The molecule has 0 saturated heterocycles. The highest BCUT2D eigenvalue weighted by Gasteiger charge is 2.17. The summed E-state index contributed by atoms with van der Waals surface area (Å²) >= 11 is 0. The van der Waals surface area contributed by atoms with Crippen molar-refractivity contribution in [2.24, 2.45) is 0 Å². The summed E-state index contributed by atoms with van der Waals surface area (Å²) in [5.41, 5.74) is 0.887. The fourth-order valence-electron chi connectivity index (χ4n) is 1.75. The van der Waals surface area contributed by atoms with Gasteiger partial charge in [0.2, 0.25) is 0 Å². The predicted molar refractivity (Wildman–Crippen MR) is 73.3 cm³/mol. The lowest BCUT2D eigenvalue weighted by molar-refractivity contribution is -0.385. The Balaban J connectivity index is 2.82. The summed E-state index contributed by atoms with van der Waals surface area (Å²) in [6.07, 6.45) is 0.840. The molecule has 0 aliphatic rings. The van der Waals surface area contributed by atoms with E-state index < -0.39 is 4.92 Å². The van der Waals surface area contributed by atoms with Crippen molar-refractivity contribution in [3.05, 3.63) is 39.4 Å². The molecule has 0 heterocycles. The predicted octanol–water partition coefficient (Wildman–Crippen LogP) is 1.58. The third-order valence-corrected chi connectivity index (χ3v) is 2.92. The molecule has 1 rings (SSSR count). The van der Waals surface area contributed by atoms with E-state index in [1.165, 1.54) is 6.07 Å². The average Bonchev–Trinajstić information content (AvgIpc) is 2.38. The van der Waals surface area contributed by atoms with E-state index in [2.05, 4.69) is 5.32 Å². The molecule has 104 valence electrons. The molecule has 0 spiro atoms. The van der Waals surface area contributed by atoms with Crippen molar-refractivity contribution in [2.75, 3.05) is 27.2 Å². The van der Waals surface area contributed by atoms with Crippen LogP contribution in [-0.4, -0.2) is 42.9 Å². The minimum Gasteiger partial charge on any atom is -0.342 e. The lowest BCUT2D eigenvalue weighted by Crippen LogP contribution is -2.29. The molecule has 0 unspecified atom stereocenters. The first-order valence-corrected chi connectivity index (χ1v) is 6.12. The molecule has 1 aromatic rings. The number of carbonyl (C=O) groups excluding carboxylic acids is 1. The van der Waals surface area contributed by atoms with E-state index in [4.69, 9.17) is 0 Å². The van der Waals surface area contributed by atoms with Crippen LogP contribution in [0.5, 0.6) is 0 Å². The van der Waals surface area contributed by atoms with Crippen LogP contribution in [0.1, 0.15) is 22.3 Å². The van der Waals surface area contributed by atoms with Crippen LogP contribution in [0, 0.1) is 17.0 Å². The Hall–Kier alpha value is -1.95. The summed E-state index contributed by atoms with van der Waals surface area (Å²) in [5.74, 6) is -0.195. The molecule has 0 aliphatic carbocycles. The van der Waals surface area contributed by atoms with Gasteiger partial charge in [0.05, 0.1) is 4.92 Å². The topological polar surface area (TPSA) is 75.5 Å². The van der Waals surface area contributed by atoms with E-state index >= 15 is 0 Å². The van der Waals surface area contributed by atoms with Crippen LogP contribution < -0.4 is 5.32 Å². The summed E-state index contributed by atoms with van der Waals surface area (Å²) < 4.78 is 0.